The zero-order valence-corrected chi connectivity index (χ0v) is 7.12. The van der Waals surface area contributed by atoms with Gasteiger partial charge in [-0.05, 0) is 6.08 Å². The number of cyclic esters (lactones) is 2. The number of rotatable bonds is 4. The molecule has 0 amide bonds. The van der Waals surface area contributed by atoms with E-state index >= 15 is 0 Å². The molecule has 1 unspecified atom stereocenters. The second-order valence-electron chi connectivity index (χ2n) is 2.63. The van der Waals surface area contributed by atoms with Gasteiger partial charge in [-0.25, -0.2) is 4.79 Å². The fourth-order valence-electron chi connectivity index (χ4n) is 1.04. The van der Waals surface area contributed by atoms with Crippen LogP contribution in [0, 0.1) is 0 Å². The van der Waals surface area contributed by atoms with E-state index in [-0.39, 0.29) is 13.0 Å². The summed E-state index contributed by atoms with van der Waals surface area (Å²) >= 11 is 0. The zero-order chi connectivity index (χ0) is 9.90. The lowest BCUT2D eigenvalue weighted by Crippen LogP contribution is -2.35. The van der Waals surface area contributed by atoms with Crippen molar-refractivity contribution in [1.29, 1.82) is 0 Å². The topological polar surface area (TPSA) is 52.6 Å². The molecule has 1 saturated heterocycles. The van der Waals surface area contributed by atoms with Gasteiger partial charge in [-0.2, -0.15) is 0 Å². The highest BCUT2D eigenvalue weighted by Crippen LogP contribution is 2.26. The first-order valence-corrected chi connectivity index (χ1v) is 3.78. The van der Waals surface area contributed by atoms with Crippen molar-refractivity contribution in [2.75, 3.05) is 6.61 Å². The van der Waals surface area contributed by atoms with Crippen molar-refractivity contribution in [3.63, 3.8) is 0 Å². The summed E-state index contributed by atoms with van der Waals surface area (Å²) in [7, 11) is 0. The van der Waals surface area contributed by atoms with Crippen LogP contribution in [0.2, 0.25) is 0 Å². The molecule has 0 N–H and O–H groups in total. The molecular weight excluding hydrogens is 172 g/mol. The van der Waals surface area contributed by atoms with Gasteiger partial charge in [0, 0.05) is 0 Å². The van der Waals surface area contributed by atoms with Crippen LogP contribution in [0.15, 0.2) is 25.3 Å². The quantitative estimate of drug-likeness (QED) is 0.362. The van der Waals surface area contributed by atoms with E-state index in [1.54, 1.807) is 0 Å². The SMILES string of the molecule is C=CCOC1(C=C)CC(=O)OC1=O. The third kappa shape index (κ3) is 1.67. The van der Waals surface area contributed by atoms with E-state index in [0.717, 1.165) is 0 Å². The molecule has 0 aromatic rings. The highest BCUT2D eigenvalue weighted by atomic mass is 16.6. The molecule has 0 bridgehead atoms. The molecule has 0 spiro atoms. The van der Waals surface area contributed by atoms with Gasteiger partial charge in [-0.1, -0.05) is 12.7 Å². The van der Waals surface area contributed by atoms with Gasteiger partial charge in [0.05, 0.1) is 13.0 Å². The molecule has 4 nitrogen and oxygen atoms in total. The van der Waals surface area contributed by atoms with Crippen molar-refractivity contribution < 1.29 is 19.1 Å². The first-order chi connectivity index (χ1) is 6.14. The summed E-state index contributed by atoms with van der Waals surface area (Å²) in [5.41, 5.74) is -1.30. The van der Waals surface area contributed by atoms with Crippen LogP contribution in [0.5, 0.6) is 0 Å². The van der Waals surface area contributed by atoms with Crippen molar-refractivity contribution >= 4 is 11.9 Å². The second-order valence-corrected chi connectivity index (χ2v) is 2.63. The van der Waals surface area contributed by atoms with E-state index in [2.05, 4.69) is 17.9 Å². The van der Waals surface area contributed by atoms with E-state index in [1.165, 1.54) is 12.2 Å². The molecule has 0 radical (unpaired) electrons. The van der Waals surface area contributed by atoms with Crippen LogP contribution in [0.3, 0.4) is 0 Å². The molecular formula is C9H10O4. The van der Waals surface area contributed by atoms with Crippen molar-refractivity contribution in [2.24, 2.45) is 0 Å². The van der Waals surface area contributed by atoms with Crippen LogP contribution in [0.25, 0.3) is 0 Å². The standard InChI is InChI=1S/C9H10O4/c1-3-5-12-9(4-2)6-7(10)13-8(9)11/h3-4H,1-2,5-6H2. The number of hydrogen-bond acceptors (Lipinski definition) is 4. The molecule has 1 aliphatic heterocycles. The Morgan fingerprint density at radius 1 is 1.54 bits per heavy atom. The molecule has 1 heterocycles. The van der Waals surface area contributed by atoms with Crippen LogP contribution >= 0.6 is 0 Å². The lowest BCUT2D eigenvalue weighted by molar-refractivity contribution is -0.158. The van der Waals surface area contributed by atoms with E-state index in [1.807, 2.05) is 0 Å². The van der Waals surface area contributed by atoms with E-state index in [4.69, 9.17) is 4.74 Å². The predicted octanol–water partition coefficient (Wildman–Crippen LogP) is 0.587. The Hall–Kier alpha value is -1.42. The van der Waals surface area contributed by atoms with Crippen molar-refractivity contribution in [1.82, 2.24) is 0 Å². The van der Waals surface area contributed by atoms with Gasteiger partial charge in [-0.3, -0.25) is 4.79 Å². The summed E-state index contributed by atoms with van der Waals surface area (Å²) in [4.78, 5) is 22.0. The zero-order valence-electron chi connectivity index (χ0n) is 7.12. The molecule has 4 heteroatoms. The summed E-state index contributed by atoms with van der Waals surface area (Å²) in [5.74, 6) is -1.29. The van der Waals surface area contributed by atoms with E-state index in [9.17, 15) is 9.59 Å². The summed E-state index contributed by atoms with van der Waals surface area (Å²) < 4.78 is 9.50. The summed E-state index contributed by atoms with van der Waals surface area (Å²) in [6.45, 7) is 7.05. The minimum atomic E-state index is -1.30. The molecule has 13 heavy (non-hydrogen) atoms. The molecule has 1 fully saturated rings. The monoisotopic (exact) mass is 182 g/mol. The van der Waals surface area contributed by atoms with Gasteiger partial charge < -0.3 is 9.47 Å². The Balaban J connectivity index is 2.79. The van der Waals surface area contributed by atoms with Gasteiger partial charge in [0.25, 0.3) is 0 Å². The molecule has 0 aromatic heterocycles. The molecule has 0 saturated carbocycles. The lowest BCUT2D eigenvalue weighted by atomic mass is 10.0. The van der Waals surface area contributed by atoms with Gasteiger partial charge in [-0.15, -0.1) is 6.58 Å². The molecule has 1 aliphatic rings. The highest BCUT2D eigenvalue weighted by Gasteiger charge is 2.48. The first-order valence-electron chi connectivity index (χ1n) is 3.78. The maximum absolute atomic E-state index is 11.2. The van der Waals surface area contributed by atoms with Crippen molar-refractivity contribution in [2.45, 2.75) is 12.0 Å². The van der Waals surface area contributed by atoms with Crippen LogP contribution in [0.1, 0.15) is 6.42 Å². The Morgan fingerprint density at radius 3 is 2.62 bits per heavy atom. The maximum Gasteiger partial charge on any atom is 0.350 e. The maximum atomic E-state index is 11.2. The average Bonchev–Trinajstić information content (AvgIpc) is 2.38. The van der Waals surface area contributed by atoms with Crippen molar-refractivity contribution in [3.05, 3.63) is 25.3 Å². The van der Waals surface area contributed by atoms with Crippen LogP contribution < -0.4 is 0 Å². The van der Waals surface area contributed by atoms with E-state index < -0.39 is 17.5 Å². The Labute approximate surface area is 75.8 Å². The highest BCUT2D eigenvalue weighted by molar-refractivity contribution is 6.00. The van der Waals surface area contributed by atoms with Crippen LogP contribution in [0.4, 0.5) is 0 Å². The summed E-state index contributed by atoms with van der Waals surface area (Å²) in [6, 6.07) is 0. The largest absolute Gasteiger partial charge is 0.391 e. The third-order valence-corrected chi connectivity index (χ3v) is 1.75. The van der Waals surface area contributed by atoms with Crippen LogP contribution in [-0.4, -0.2) is 24.1 Å². The number of hydrogen-bond donors (Lipinski definition) is 0. The first kappa shape index (κ1) is 9.67. The van der Waals surface area contributed by atoms with E-state index in [0.29, 0.717) is 0 Å². The predicted molar refractivity (Wildman–Crippen MR) is 44.8 cm³/mol. The molecule has 0 aromatic carbocycles. The second kappa shape index (κ2) is 3.53. The Bertz CT molecular complexity index is 269. The van der Waals surface area contributed by atoms with Gasteiger partial charge >= 0.3 is 11.9 Å². The minimum absolute atomic E-state index is 0.108. The van der Waals surface area contributed by atoms with Gasteiger partial charge in [0.2, 0.25) is 0 Å². The third-order valence-electron chi connectivity index (χ3n) is 1.75. The Kier molecular flexibility index (Phi) is 2.63. The Morgan fingerprint density at radius 2 is 2.23 bits per heavy atom. The van der Waals surface area contributed by atoms with Gasteiger partial charge in [0.15, 0.2) is 5.60 Å². The fourth-order valence-corrected chi connectivity index (χ4v) is 1.04. The molecule has 70 valence electrons. The van der Waals surface area contributed by atoms with Crippen molar-refractivity contribution in [3.8, 4) is 0 Å². The molecule has 0 aliphatic carbocycles. The number of carbonyl (C=O) groups is 2. The summed E-state index contributed by atoms with van der Waals surface area (Å²) in [6.07, 6.45) is 2.66. The number of esters is 2. The summed E-state index contributed by atoms with van der Waals surface area (Å²) in [5, 5.41) is 0. The van der Waals surface area contributed by atoms with Crippen LogP contribution in [-0.2, 0) is 19.1 Å². The smallest absolute Gasteiger partial charge is 0.350 e. The molecule has 1 atom stereocenters. The minimum Gasteiger partial charge on any atom is -0.391 e. The normalized spacial score (nSPS) is 27.1. The number of ether oxygens (including phenoxy) is 2. The lowest BCUT2D eigenvalue weighted by Gasteiger charge is -2.18. The van der Waals surface area contributed by atoms with Gasteiger partial charge in [0.1, 0.15) is 0 Å². The molecule has 1 rings (SSSR count). The fraction of sp³-hybridized carbons (Fsp3) is 0.333. The average molecular weight is 182 g/mol. The number of carbonyl (C=O) groups excluding carboxylic acids is 2.